The fourth-order valence-corrected chi connectivity index (χ4v) is 14.0. The van der Waals surface area contributed by atoms with Gasteiger partial charge in [-0.05, 0) is 67.2 Å². The molecule has 0 radical (unpaired) electrons. The number of benzene rings is 2. The number of rotatable bonds is 42. The van der Waals surface area contributed by atoms with Crippen LogP contribution in [-0.4, -0.2) is 234 Å². The number of methoxy groups -OCH3 is 2. The molecule has 554 valence electrons. The van der Waals surface area contributed by atoms with Crippen molar-refractivity contribution in [2.45, 2.75) is 193 Å². The predicted molar refractivity (Wildman–Crippen MR) is 368 cm³/mol. The number of aromatic nitrogens is 3. The summed E-state index contributed by atoms with van der Waals surface area (Å²) in [7, 11) is 6.05. The van der Waals surface area contributed by atoms with Crippen molar-refractivity contribution in [3.63, 3.8) is 0 Å². The Morgan fingerprint density at radius 2 is 1.56 bits per heavy atom. The lowest BCUT2D eigenvalue weighted by Gasteiger charge is -2.41. The Bertz CT molecular complexity index is 3330. The number of hydrogen-bond donors (Lipinski definition) is 6. The fourth-order valence-electron chi connectivity index (χ4n) is 12.8. The number of carbonyl (C=O) groups is 7. The highest BCUT2D eigenvalue weighted by molar-refractivity contribution is 7.19. The fraction of sp³-hybridized carbons (Fsp3) is 0.667. The van der Waals surface area contributed by atoms with Crippen LogP contribution in [0.3, 0.4) is 0 Å². The molecule has 0 saturated carbocycles. The van der Waals surface area contributed by atoms with E-state index in [0.29, 0.717) is 77.4 Å². The average Bonchev–Trinajstić information content (AvgIpc) is 1.58. The van der Waals surface area contributed by atoms with Crippen molar-refractivity contribution in [3.05, 3.63) is 86.9 Å². The molecule has 6 N–H and O–H groups in total. The zero-order valence-corrected chi connectivity index (χ0v) is 60.3. The largest absolute Gasteiger partial charge is 0.481 e. The number of ether oxygens (including phenoxy) is 8. The Kier molecular flexibility index (Phi) is 32.7. The van der Waals surface area contributed by atoms with Crippen LogP contribution in [0, 0.1) is 23.7 Å². The van der Waals surface area contributed by atoms with Gasteiger partial charge in [0.25, 0.3) is 0 Å². The molecule has 2 aliphatic rings. The van der Waals surface area contributed by atoms with E-state index in [1.807, 2.05) is 32.0 Å². The van der Waals surface area contributed by atoms with E-state index in [4.69, 9.17) is 43.4 Å². The van der Waals surface area contributed by atoms with Crippen molar-refractivity contribution in [1.29, 1.82) is 0 Å². The first-order valence-corrected chi connectivity index (χ1v) is 35.1. The second kappa shape index (κ2) is 40.2. The summed E-state index contributed by atoms with van der Waals surface area (Å²) in [6.07, 6.45) is -5.12. The standard InChI is InChI=1S/C69H103N11O19S/c1-13-42(6)61(54(92-11)38-56(82)80-26-17-20-51(80)63(93-12)43(7)65(86)72-44(8)62(85)45-18-15-14-16-19-45)77(9)67(88)59(40(2)3)73-66(87)60(41(4)5)78(10)69(91)99-53(34-46-39-79(76-74-46)27-29-95-31-33-96-32-30-94-28-25-71-75-70)49-22-23-52(50-37-48(100-64(49)50)21-24-57(83)84)97-58-36-47(81)35-55(98-58)68(89)90/h14-16,18-19,22-23,37,39-44,47,51,53-55,58-63,81,85H,13,17,20-21,24-36,38H2,1-12H3,(H,72,86)(H,73,87)(H,83,84)(H,89,90)/t42-,43+,44+,47-,51-,53?,54+,55-,58+,59-,60-,61-,62+,63+/m0/s1. The number of thiophene rings is 1. The van der Waals surface area contributed by atoms with Crippen LogP contribution in [0.5, 0.6) is 5.75 Å². The number of aliphatic hydroxyl groups is 2. The highest BCUT2D eigenvalue weighted by Gasteiger charge is 2.45. The van der Waals surface area contributed by atoms with E-state index in [1.165, 1.54) is 42.4 Å². The van der Waals surface area contributed by atoms with Gasteiger partial charge in [0.15, 0.2) is 6.10 Å². The minimum Gasteiger partial charge on any atom is -0.481 e. The first kappa shape index (κ1) is 81.4. The maximum atomic E-state index is 15.1. The minimum absolute atomic E-state index is 0.0455. The van der Waals surface area contributed by atoms with Gasteiger partial charge < -0.3 is 78.8 Å². The van der Waals surface area contributed by atoms with Gasteiger partial charge in [0, 0.05) is 92.3 Å². The number of azide groups is 1. The molecule has 2 saturated heterocycles. The molecular weight excluding hydrogens is 1320 g/mol. The number of nitrogens with one attached hydrogen (secondary N) is 2. The number of likely N-dealkylation sites (tertiary alicyclic amines) is 1. The summed E-state index contributed by atoms with van der Waals surface area (Å²) in [4.78, 5) is 105. The Hall–Kier alpha value is -7.58. The summed E-state index contributed by atoms with van der Waals surface area (Å²) in [5, 5.41) is 59.7. The number of amides is 5. The van der Waals surface area contributed by atoms with Gasteiger partial charge in [-0.1, -0.05) is 102 Å². The average molecular weight is 1420 g/mol. The molecule has 5 amide bonds. The molecule has 6 rings (SSSR count). The number of aryl methyl sites for hydroxylation is 1. The number of carbonyl (C=O) groups excluding carboxylic acids is 5. The van der Waals surface area contributed by atoms with Gasteiger partial charge in [-0.25, -0.2) is 14.3 Å². The van der Waals surface area contributed by atoms with Crippen molar-refractivity contribution < 1.29 is 91.9 Å². The molecule has 31 heteroatoms. The van der Waals surface area contributed by atoms with Crippen LogP contribution < -0.4 is 15.4 Å². The van der Waals surface area contributed by atoms with Gasteiger partial charge in [0.1, 0.15) is 23.9 Å². The summed E-state index contributed by atoms with van der Waals surface area (Å²) in [5.74, 6) is -5.77. The Morgan fingerprint density at radius 1 is 0.870 bits per heavy atom. The van der Waals surface area contributed by atoms with Crippen molar-refractivity contribution in [3.8, 4) is 5.75 Å². The third-order valence-electron chi connectivity index (χ3n) is 18.4. The number of likely N-dealkylation sites (N-methyl/N-ethyl adjacent to an activating group) is 2. The first-order valence-electron chi connectivity index (χ1n) is 34.3. The van der Waals surface area contributed by atoms with Crippen molar-refractivity contribution in [1.82, 2.24) is 40.3 Å². The van der Waals surface area contributed by atoms with Crippen molar-refractivity contribution >= 4 is 63.1 Å². The second-order valence-electron chi connectivity index (χ2n) is 26.3. The molecule has 4 heterocycles. The van der Waals surface area contributed by atoms with Gasteiger partial charge in [-0.3, -0.25) is 28.9 Å². The van der Waals surface area contributed by atoms with Crippen LogP contribution >= 0.6 is 11.3 Å². The molecule has 14 atom stereocenters. The van der Waals surface area contributed by atoms with E-state index >= 15 is 4.79 Å². The summed E-state index contributed by atoms with van der Waals surface area (Å²) >= 11 is 1.23. The van der Waals surface area contributed by atoms with E-state index in [0.717, 1.165) is 0 Å². The number of nitrogens with zero attached hydrogens (tertiary/aromatic N) is 9. The molecule has 2 aromatic carbocycles. The SMILES string of the molecule is CC[C@H](C)[C@@H]([C@@H](CC(=O)N1CCC[C@H]1[C@H](OC)[C@@H](C)C(=O)N[C@H](C)[C@@H](O)c1ccccc1)OC)N(C)C(=O)[C@@H](NC(=O)[C@H](C(C)C)N(C)C(=O)OC(Cc1cn(CCOCCOCCOCCN=[N+]=[N-])nn1)c1ccc(O[C@H]2C[C@@H](O)C[C@@H](C(=O)O)O2)c2cc(CCC(=O)O)sc12)C(C)C. The van der Waals surface area contributed by atoms with Gasteiger partial charge >= 0.3 is 18.0 Å². The van der Waals surface area contributed by atoms with Gasteiger partial charge in [0.2, 0.25) is 29.9 Å². The number of aliphatic hydroxyl groups excluding tert-OH is 2. The molecule has 0 aliphatic carbocycles. The molecule has 2 fully saturated rings. The lowest BCUT2D eigenvalue weighted by molar-refractivity contribution is -0.195. The van der Waals surface area contributed by atoms with E-state index in [-0.39, 0.29) is 94.9 Å². The lowest BCUT2D eigenvalue weighted by atomic mass is 9.89. The predicted octanol–water partition coefficient (Wildman–Crippen LogP) is 6.88. The quantitative estimate of drug-likeness (QED) is 0.0114. The normalized spacial score (nSPS) is 19.3. The van der Waals surface area contributed by atoms with Crippen LogP contribution in [0.25, 0.3) is 20.5 Å². The smallest absolute Gasteiger partial charge is 0.410 e. The van der Waals surface area contributed by atoms with Gasteiger partial charge in [0.05, 0.1) is 113 Å². The van der Waals surface area contributed by atoms with Crippen LogP contribution in [0.4, 0.5) is 4.79 Å². The number of fused-ring (bicyclic) bond motifs is 1. The number of aliphatic carboxylic acids is 2. The van der Waals surface area contributed by atoms with E-state index in [1.54, 1.807) is 94.7 Å². The Morgan fingerprint density at radius 3 is 2.19 bits per heavy atom. The summed E-state index contributed by atoms with van der Waals surface area (Å²) in [5.41, 5.74) is 9.90. The monoisotopic (exact) mass is 1420 g/mol. The highest BCUT2D eigenvalue weighted by atomic mass is 32.1. The van der Waals surface area contributed by atoms with Crippen LogP contribution in [0.1, 0.15) is 134 Å². The zero-order valence-electron chi connectivity index (χ0n) is 59.5. The number of carboxylic acid groups (broad SMARTS) is 2. The van der Waals surface area contributed by atoms with E-state index in [2.05, 4.69) is 31.0 Å². The van der Waals surface area contributed by atoms with Crippen LogP contribution in [-0.2, 0) is 81.3 Å². The molecule has 2 aromatic heterocycles. The molecule has 4 aromatic rings. The Balaban J connectivity index is 1.21. The van der Waals surface area contributed by atoms with Crippen LogP contribution in [0.15, 0.2) is 59.8 Å². The van der Waals surface area contributed by atoms with Crippen molar-refractivity contribution in [2.75, 3.05) is 81.0 Å². The number of hydrogen-bond acceptors (Lipinski definition) is 21. The van der Waals surface area contributed by atoms with E-state index < -0.39 is 121 Å². The topological polar surface area (TPSA) is 388 Å². The minimum atomic E-state index is -1.34. The van der Waals surface area contributed by atoms with Crippen LogP contribution in [0.2, 0.25) is 0 Å². The molecule has 0 bridgehead atoms. The first-order chi connectivity index (χ1) is 47.7. The number of carboxylic acids is 2. The Labute approximate surface area is 588 Å². The third-order valence-corrected chi connectivity index (χ3v) is 19.6. The molecular formula is C69H103N11O19S. The lowest BCUT2D eigenvalue weighted by Crippen LogP contribution is -2.60. The van der Waals surface area contributed by atoms with Gasteiger partial charge in [-0.2, -0.15) is 0 Å². The summed E-state index contributed by atoms with van der Waals surface area (Å²) in [6.45, 7) is 17.1. The van der Waals surface area contributed by atoms with Crippen molar-refractivity contribution in [2.24, 2.45) is 28.8 Å². The maximum absolute atomic E-state index is 15.1. The zero-order chi connectivity index (χ0) is 73.3. The maximum Gasteiger partial charge on any atom is 0.410 e. The molecule has 1 unspecified atom stereocenters. The summed E-state index contributed by atoms with van der Waals surface area (Å²) in [6, 6.07) is 9.90. The second-order valence-corrected chi connectivity index (χ2v) is 27.4. The molecule has 30 nitrogen and oxygen atoms in total. The van der Waals surface area contributed by atoms with Gasteiger partial charge in [-0.15, -0.1) is 16.4 Å². The van der Waals surface area contributed by atoms with E-state index in [9.17, 15) is 49.2 Å². The molecule has 2 aliphatic heterocycles. The molecule has 100 heavy (non-hydrogen) atoms. The third kappa shape index (κ3) is 23.0. The molecule has 0 spiro atoms. The summed E-state index contributed by atoms with van der Waals surface area (Å²) < 4.78 is 49.4. The highest BCUT2D eigenvalue weighted by Crippen LogP contribution is 2.42.